The fourth-order valence-electron chi connectivity index (χ4n) is 6.66. The predicted octanol–water partition coefficient (Wildman–Crippen LogP) is 4.58. The van der Waals surface area contributed by atoms with Crippen molar-refractivity contribution in [1.82, 2.24) is 4.90 Å². The number of hydrogen-bond donors (Lipinski definition) is 2. The lowest BCUT2D eigenvalue weighted by Crippen LogP contribution is -2.45. The lowest BCUT2D eigenvalue weighted by molar-refractivity contribution is -0.149. The van der Waals surface area contributed by atoms with E-state index in [-0.39, 0.29) is 31.4 Å². The Labute approximate surface area is 242 Å². The number of amides is 2. The molecule has 216 valence electrons. The lowest BCUT2D eigenvalue weighted by Gasteiger charge is -2.32. The molecule has 9 heteroatoms. The van der Waals surface area contributed by atoms with Crippen molar-refractivity contribution in [1.29, 1.82) is 0 Å². The van der Waals surface area contributed by atoms with Crippen LogP contribution in [0, 0.1) is 5.92 Å². The van der Waals surface area contributed by atoms with E-state index in [4.69, 9.17) is 9.47 Å². The van der Waals surface area contributed by atoms with E-state index >= 15 is 0 Å². The number of para-hydroxylation sites is 1. The largest absolute Gasteiger partial charge is 0.497 e. The van der Waals surface area contributed by atoms with Crippen molar-refractivity contribution in [2.45, 2.75) is 50.2 Å². The van der Waals surface area contributed by atoms with E-state index < -0.39 is 31.5 Å². The van der Waals surface area contributed by atoms with Gasteiger partial charge in [-0.05, 0) is 49.0 Å². The van der Waals surface area contributed by atoms with Gasteiger partial charge in [0.2, 0.25) is 5.91 Å². The van der Waals surface area contributed by atoms with Gasteiger partial charge in [-0.1, -0.05) is 55.5 Å². The molecule has 3 aromatic rings. The van der Waals surface area contributed by atoms with E-state index in [0.29, 0.717) is 29.2 Å². The van der Waals surface area contributed by atoms with Gasteiger partial charge in [-0.2, -0.15) is 0 Å². The number of carbonyl (C=O) groups is 2. The highest BCUT2D eigenvalue weighted by molar-refractivity contribution is 6.71. The Morgan fingerprint density at radius 2 is 1.73 bits per heavy atom. The molecule has 41 heavy (non-hydrogen) atoms. The molecule has 0 radical (unpaired) electrons. The van der Waals surface area contributed by atoms with Crippen LogP contribution in [-0.4, -0.2) is 61.3 Å². The van der Waals surface area contributed by atoms with Crippen LogP contribution < -0.4 is 9.64 Å². The normalized spacial score (nSPS) is 23.6. The van der Waals surface area contributed by atoms with E-state index in [1.807, 2.05) is 98.9 Å². The summed E-state index contributed by atoms with van der Waals surface area (Å²) < 4.78 is 12.4. The Bertz CT molecular complexity index is 1400. The number of methoxy groups -OCH3 is 1. The zero-order valence-electron chi connectivity index (χ0n) is 24.0. The molecule has 0 aromatic heterocycles. The van der Waals surface area contributed by atoms with Gasteiger partial charge in [0.1, 0.15) is 5.75 Å². The monoisotopic (exact) mass is 574 g/mol. The van der Waals surface area contributed by atoms with E-state index in [9.17, 15) is 19.5 Å². The van der Waals surface area contributed by atoms with Gasteiger partial charge in [0.25, 0.3) is 5.91 Å². The van der Waals surface area contributed by atoms with Crippen LogP contribution in [0.4, 0.5) is 11.4 Å². The average Bonchev–Trinajstić information content (AvgIpc) is 3.39. The number of rotatable bonds is 9. The number of nitrogens with zero attached hydrogens (tertiary/aromatic N) is 2. The summed E-state index contributed by atoms with van der Waals surface area (Å²) in [6, 6.07) is 24.6. The Balaban J connectivity index is 1.55. The zero-order chi connectivity index (χ0) is 29.4. The molecule has 0 unspecified atom stereocenters. The maximum absolute atomic E-state index is 14.5. The first-order valence-electron chi connectivity index (χ1n) is 14.0. The number of aliphatic hydroxyl groups excluding tert-OH is 1. The predicted molar refractivity (Wildman–Crippen MR) is 159 cm³/mol. The molecule has 0 bridgehead atoms. The van der Waals surface area contributed by atoms with Crippen molar-refractivity contribution in [3.63, 3.8) is 0 Å². The van der Waals surface area contributed by atoms with E-state index in [2.05, 4.69) is 0 Å². The van der Waals surface area contributed by atoms with Crippen molar-refractivity contribution in [3.05, 3.63) is 90.0 Å². The minimum atomic E-state index is -2.96. The number of carbonyl (C=O) groups excluding carboxylic acids is 2. The first-order valence-corrected chi connectivity index (χ1v) is 17.0. The molecule has 4 atom stereocenters. The standard InChI is InChI=1S/C32H38N2O6Si/c1-22-30(41(3,4)38)28(20-29(36)33(17-18-35)21-23-11-7-5-8-12-23)40-32(22)26-19-25(39-2)15-16-27(26)34(31(32)37)24-13-9-6-10-14-24/h5-16,19,22,28,30,35,38H,17-18,20-21H2,1-4H3/t22-,28+,30-,32+/m0/s1. The zero-order valence-corrected chi connectivity index (χ0v) is 25.0. The Hall–Kier alpha value is -3.50. The molecule has 0 saturated carbocycles. The summed E-state index contributed by atoms with van der Waals surface area (Å²) in [6.45, 7) is 5.97. The maximum atomic E-state index is 14.5. The fraction of sp³-hybridized carbons (Fsp3) is 0.375. The number of fused-ring (bicyclic) bond motifs is 2. The molecule has 5 rings (SSSR count). The van der Waals surface area contributed by atoms with Crippen LogP contribution in [-0.2, 0) is 26.5 Å². The van der Waals surface area contributed by atoms with Crippen molar-refractivity contribution in [3.8, 4) is 5.75 Å². The van der Waals surface area contributed by atoms with Crippen LogP contribution in [0.1, 0.15) is 24.5 Å². The summed E-state index contributed by atoms with van der Waals surface area (Å²) in [6.07, 6.45) is -0.710. The second-order valence-electron chi connectivity index (χ2n) is 11.4. The number of anilines is 2. The van der Waals surface area contributed by atoms with Gasteiger partial charge in [-0.25, -0.2) is 0 Å². The van der Waals surface area contributed by atoms with Crippen molar-refractivity contribution in [2.75, 3.05) is 25.2 Å². The van der Waals surface area contributed by atoms with Gasteiger partial charge in [-0.15, -0.1) is 0 Å². The number of benzene rings is 3. The first-order chi connectivity index (χ1) is 19.6. The number of hydrogen-bond acceptors (Lipinski definition) is 6. The Kier molecular flexibility index (Phi) is 8.07. The Morgan fingerprint density at radius 1 is 1.07 bits per heavy atom. The van der Waals surface area contributed by atoms with Crippen molar-refractivity contribution < 1.29 is 29.0 Å². The highest BCUT2D eigenvalue weighted by atomic mass is 28.4. The van der Waals surface area contributed by atoms with Crippen LogP contribution in [0.25, 0.3) is 0 Å². The van der Waals surface area contributed by atoms with Crippen molar-refractivity contribution in [2.24, 2.45) is 5.92 Å². The third kappa shape index (κ3) is 5.19. The summed E-state index contributed by atoms with van der Waals surface area (Å²) in [5.41, 5.74) is 1.23. The van der Waals surface area contributed by atoms with Gasteiger partial charge < -0.3 is 24.3 Å². The summed E-state index contributed by atoms with van der Waals surface area (Å²) >= 11 is 0. The highest BCUT2D eigenvalue weighted by Gasteiger charge is 2.66. The van der Waals surface area contributed by atoms with Gasteiger partial charge >= 0.3 is 0 Å². The quantitative estimate of drug-likeness (QED) is 0.363. The average molecular weight is 575 g/mol. The molecule has 8 nitrogen and oxygen atoms in total. The van der Waals surface area contributed by atoms with Crippen LogP contribution in [0.15, 0.2) is 78.9 Å². The fourth-order valence-corrected chi connectivity index (χ4v) is 9.21. The van der Waals surface area contributed by atoms with E-state index in [1.54, 1.807) is 16.9 Å². The SMILES string of the molecule is COc1ccc2c(c1)[C@@]1(O[C@H](CC(=O)N(CCO)Cc3ccccc3)[C@@H]([Si](C)(C)O)[C@@H]1C)C(=O)N2c1ccccc1. The third-order valence-electron chi connectivity index (χ3n) is 8.43. The molecule has 3 aromatic carbocycles. The Morgan fingerprint density at radius 3 is 2.34 bits per heavy atom. The molecular weight excluding hydrogens is 536 g/mol. The maximum Gasteiger partial charge on any atom is 0.268 e. The molecule has 2 aliphatic rings. The molecule has 0 aliphatic carbocycles. The molecule has 1 spiro atoms. The number of ether oxygens (including phenoxy) is 2. The van der Waals surface area contributed by atoms with Crippen LogP contribution in [0.2, 0.25) is 18.6 Å². The van der Waals surface area contributed by atoms with E-state index in [1.165, 1.54) is 0 Å². The summed E-state index contributed by atoms with van der Waals surface area (Å²) in [5.74, 6) is -0.263. The number of aliphatic hydroxyl groups is 1. The van der Waals surface area contributed by atoms with Gasteiger partial charge in [-0.3, -0.25) is 14.5 Å². The lowest BCUT2D eigenvalue weighted by atomic mass is 9.82. The second kappa shape index (κ2) is 11.4. The van der Waals surface area contributed by atoms with E-state index in [0.717, 1.165) is 5.56 Å². The molecule has 1 saturated heterocycles. The molecule has 2 N–H and O–H groups in total. The minimum absolute atomic E-state index is 0.0154. The summed E-state index contributed by atoms with van der Waals surface area (Å²) in [5, 5.41) is 9.73. The summed E-state index contributed by atoms with van der Waals surface area (Å²) in [7, 11) is -1.38. The minimum Gasteiger partial charge on any atom is -0.497 e. The van der Waals surface area contributed by atoms with Crippen LogP contribution in [0.5, 0.6) is 5.75 Å². The smallest absolute Gasteiger partial charge is 0.268 e. The summed E-state index contributed by atoms with van der Waals surface area (Å²) in [4.78, 5) is 43.1. The van der Waals surface area contributed by atoms with Crippen molar-refractivity contribution >= 4 is 31.5 Å². The molecule has 2 aliphatic heterocycles. The van der Waals surface area contributed by atoms with Gasteiger partial charge in [0, 0.05) is 35.8 Å². The van der Waals surface area contributed by atoms with Gasteiger partial charge in [0.15, 0.2) is 13.9 Å². The molecular formula is C32H38N2O6Si. The topological polar surface area (TPSA) is 99.5 Å². The van der Waals surface area contributed by atoms with Crippen LogP contribution in [0.3, 0.4) is 0 Å². The highest BCUT2D eigenvalue weighted by Crippen LogP contribution is 2.61. The van der Waals surface area contributed by atoms with Crippen LogP contribution >= 0.6 is 0 Å². The third-order valence-corrected chi connectivity index (χ3v) is 10.9. The molecule has 2 heterocycles. The van der Waals surface area contributed by atoms with Gasteiger partial charge in [0.05, 0.1) is 31.9 Å². The molecule has 2 amide bonds. The first kappa shape index (κ1) is 29.0. The molecule has 1 fully saturated rings. The second-order valence-corrected chi connectivity index (χ2v) is 15.4.